The third kappa shape index (κ3) is 5.53. The molecule has 10 heteroatoms. The number of imide groups is 2. The molecular weight excluding hydrogens is 477 g/mol. The fraction of sp³-hybridized carbons (Fsp3) is 0.0400. The van der Waals surface area contributed by atoms with Gasteiger partial charge in [0.15, 0.2) is 6.61 Å². The Hall–Kier alpha value is -4.50. The number of nitrogens with zero attached hydrogens (tertiary/aromatic N) is 1. The lowest BCUT2D eigenvalue weighted by atomic mass is 10.1. The fourth-order valence-corrected chi connectivity index (χ4v) is 3.33. The Labute approximate surface area is 203 Å². The largest absolute Gasteiger partial charge is 0.484 e. The van der Waals surface area contributed by atoms with Crippen molar-refractivity contribution in [1.82, 2.24) is 5.32 Å². The molecule has 3 aromatic carbocycles. The molecule has 35 heavy (non-hydrogen) atoms. The molecular formula is C25H17ClFN3O5. The molecule has 5 amide bonds. The van der Waals surface area contributed by atoms with Crippen molar-refractivity contribution in [2.45, 2.75) is 0 Å². The zero-order chi connectivity index (χ0) is 24.9. The third-order valence-electron chi connectivity index (χ3n) is 4.90. The number of ether oxygens (including phenoxy) is 1. The molecule has 1 saturated heterocycles. The van der Waals surface area contributed by atoms with Gasteiger partial charge in [-0.15, -0.1) is 0 Å². The minimum atomic E-state index is -0.864. The van der Waals surface area contributed by atoms with Gasteiger partial charge in [-0.1, -0.05) is 35.9 Å². The topological polar surface area (TPSA) is 105 Å². The highest BCUT2D eigenvalue weighted by molar-refractivity contribution is 6.39. The summed E-state index contributed by atoms with van der Waals surface area (Å²) in [7, 11) is 0. The first-order valence-electron chi connectivity index (χ1n) is 10.3. The molecule has 0 spiro atoms. The second kappa shape index (κ2) is 10.2. The van der Waals surface area contributed by atoms with Gasteiger partial charge in [-0.25, -0.2) is 14.1 Å². The Bertz CT molecular complexity index is 1340. The number of nitrogens with one attached hydrogen (secondary N) is 2. The summed E-state index contributed by atoms with van der Waals surface area (Å²) in [5, 5.41) is 4.98. The Kier molecular flexibility index (Phi) is 6.88. The SMILES string of the molecule is O=C(COc1ccc(C=C2C(=O)NC(=O)N(c3ccc(Cl)cc3)C2=O)cc1)Nc1ccccc1F. The Balaban J connectivity index is 1.43. The molecule has 1 aliphatic heterocycles. The van der Waals surface area contributed by atoms with E-state index in [9.17, 15) is 23.6 Å². The minimum absolute atomic E-state index is 0.0459. The van der Waals surface area contributed by atoms with Crippen molar-refractivity contribution < 1.29 is 28.3 Å². The van der Waals surface area contributed by atoms with E-state index in [0.717, 1.165) is 4.90 Å². The quantitative estimate of drug-likeness (QED) is 0.396. The second-order valence-electron chi connectivity index (χ2n) is 7.32. The van der Waals surface area contributed by atoms with Gasteiger partial charge in [-0.3, -0.25) is 19.7 Å². The van der Waals surface area contributed by atoms with Crippen LogP contribution >= 0.6 is 11.6 Å². The number of anilines is 2. The predicted molar refractivity (Wildman–Crippen MR) is 127 cm³/mol. The van der Waals surface area contributed by atoms with E-state index in [-0.39, 0.29) is 23.6 Å². The molecule has 0 aliphatic carbocycles. The van der Waals surface area contributed by atoms with Crippen LogP contribution in [0.1, 0.15) is 5.56 Å². The summed E-state index contributed by atoms with van der Waals surface area (Å²) >= 11 is 5.86. The number of hydrogen-bond donors (Lipinski definition) is 2. The summed E-state index contributed by atoms with van der Waals surface area (Å²) in [6.45, 7) is -0.353. The number of benzene rings is 3. The molecule has 1 fully saturated rings. The van der Waals surface area contributed by atoms with Crippen molar-refractivity contribution in [1.29, 1.82) is 0 Å². The zero-order valence-corrected chi connectivity index (χ0v) is 18.7. The first kappa shape index (κ1) is 23.7. The molecule has 0 bridgehead atoms. The van der Waals surface area contributed by atoms with Crippen molar-refractivity contribution in [2.24, 2.45) is 0 Å². The number of halogens is 2. The van der Waals surface area contributed by atoms with Gasteiger partial charge < -0.3 is 10.1 Å². The van der Waals surface area contributed by atoms with Gasteiger partial charge in [0, 0.05) is 5.02 Å². The summed E-state index contributed by atoms with van der Waals surface area (Å²) < 4.78 is 19.0. The van der Waals surface area contributed by atoms with Gasteiger partial charge >= 0.3 is 6.03 Å². The first-order valence-corrected chi connectivity index (χ1v) is 10.6. The highest BCUT2D eigenvalue weighted by Crippen LogP contribution is 2.24. The molecule has 0 saturated carbocycles. The van der Waals surface area contributed by atoms with E-state index in [4.69, 9.17) is 16.3 Å². The Morgan fingerprint density at radius 1 is 1.00 bits per heavy atom. The predicted octanol–water partition coefficient (Wildman–Crippen LogP) is 4.16. The van der Waals surface area contributed by atoms with E-state index in [0.29, 0.717) is 16.3 Å². The molecule has 1 aliphatic rings. The van der Waals surface area contributed by atoms with Crippen LogP contribution in [0.25, 0.3) is 6.08 Å². The molecule has 4 rings (SSSR count). The maximum absolute atomic E-state index is 13.6. The lowest BCUT2D eigenvalue weighted by Crippen LogP contribution is -2.54. The van der Waals surface area contributed by atoms with E-state index in [1.54, 1.807) is 18.2 Å². The van der Waals surface area contributed by atoms with Crippen molar-refractivity contribution in [3.63, 3.8) is 0 Å². The maximum Gasteiger partial charge on any atom is 0.335 e. The van der Waals surface area contributed by atoms with Crippen molar-refractivity contribution in [3.05, 3.63) is 94.8 Å². The van der Waals surface area contributed by atoms with Crippen LogP contribution in [-0.4, -0.2) is 30.4 Å². The van der Waals surface area contributed by atoms with Gasteiger partial charge in [0.2, 0.25) is 0 Å². The molecule has 176 valence electrons. The van der Waals surface area contributed by atoms with Gasteiger partial charge in [-0.2, -0.15) is 0 Å². The van der Waals surface area contributed by atoms with Crippen LogP contribution in [-0.2, 0) is 14.4 Å². The third-order valence-corrected chi connectivity index (χ3v) is 5.15. The second-order valence-corrected chi connectivity index (χ2v) is 7.76. The highest BCUT2D eigenvalue weighted by Gasteiger charge is 2.36. The molecule has 2 N–H and O–H groups in total. The molecule has 8 nitrogen and oxygen atoms in total. The number of amides is 5. The van der Waals surface area contributed by atoms with Gasteiger partial charge in [0.25, 0.3) is 17.7 Å². The molecule has 0 atom stereocenters. The number of rotatable bonds is 6. The molecule has 3 aromatic rings. The van der Waals surface area contributed by atoms with Gasteiger partial charge in [-0.05, 0) is 60.2 Å². The minimum Gasteiger partial charge on any atom is -0.484 e. The molecule has 1 heterocycles. The highest BCUT2D eigenvalue weighted by atomic mass is 35.5. The van der Waals surface area contributed by atoms with E-state index in [1.165, 1.54) is 60.7 Å². The van der Waals surface area contributed by atoms with Gasteiger partial charge in [0.05, 0.1) is 11.4 Å². The fourth-order valence-electron chi connectivity index (χ4n) is 3.21. The molecule has 0 radical (unpaired) electrons. The summed E-state index contributed by atoms with van der Waals surface area (Å²) in [4.78, 5) is 50.3. The normalized spacial score (nSPS) is 14.6. The summed E-state index contributed by atoms with van der Waals surface area (Å²) in [6, 6.07) is 17.1. The average molecular weight is 494 g/mol. The molecule has 0 unspecified atom stereocenters. The Morgan fingerprint density at radius 2 is 1.69 bits per heavy atom. The van der Waals surface area contributed by atoms with E-state index >= 15 is 0 Å². The van der Waals surface area contributed by atoms with Crippen LogP contribution < -0.4 is 20.3 Å². The standard InChI is InChI=1S/C25H17ClFN3O5/c26-16-7-9-17(10-8-16)30-24(33)19(23(32)29-25(30)34)13-15-5-11-18(12-6-15)35-14-22(31)28-21-4-2-1-3-20(21)27/h1-13H,14H2,(H,28,31)(H,29,32,34). The van der Waals surface area contributed by atoms with Crippen LogP contribution in [0.4, 0.5) is 20.6 Å². The number of urea groups is 1. The number of para-hydroxylation sites is 1. The van der Waals surface area contributed by atoms with Crippen LogP contribution in [0.15, 0.2) is 78.4 Å². The van der Waals surface area contributed by atoms with Crippen molar-refractivity contribution in [2.75, 3.05) is 16.8 Å². The zero-order valence-electron chi connectivity index (χ0n) is 18.0. The van der Waals surface area contributed by atoms with Crippen LogP contribution in [0, 0.1) is 5.82 Å². The average Bonchev–Trinajstić information content (AvgIpc) is 2.84. The monoisotopic (exact) mass is 493 g/mol. The summed E-state index contributed by atoms with van der Waals surface area (Å²) in [6.07, 6.45) is 1.34. The van der Waals surface area contributed by atoms with Crippen LogP contribution in [0.3, 0.4) is 0 Å². The lowest BCUT2D eigenvalue weighted by Gasteiger charge is -2.26. The van der Waals surface area contributed by atoms with Crippen LogP contribution in [0.5, 0.6) is 5.75 Å². The number of carbonyl (C=O) groups is 4. The number of hydrogen-bond acceptors (Lipinski definition) is 5. The van der Waals surface area contributed by atoms with Crippen molar-refractivity contribution in [3.8, 4) is 5.75 Å². The first-order chi connectivity index (χ1) is 16.8. The van der Waals surface area contributed by atoms with Crippen molar-refractivity contribution >= 4 is 52.8 Å². The summed E-state index contributed by atoms with van der Waals surface area (Å²) in [5.41, 5.74) is 0.548. The van der Waals surface area contributed by atoms with Crippen LogP contribution in [0.2, 0.25) is 5.02 Å². The number of barbiturate groups is 1. The van der Waals surface area contributed by atoms with E-state index in [2.05, 4.69) is 10.6 Å². The number of carbonyl (C=O) groups excluding carboxylic acids is 4. The van der Waals surface area contributed by atoms with E-state index in [1.807, 2.05) is 0 Å². The van der Waals surface area contributed by atoms with E-state index < -0.39 is 29.6 Å². The molecule has 0 aromatic heterocycles. The maximum atomic E-state index is 13.6. The summed E-state index contributed by atoms with van der Waals surface area (Å²) in [5.74, 6) is -2.37. The smallest absolute Gasteiger partial charge is 0.335 e. The lowest BCUT2D eigenvalue weighted by molar-refractivity contribution is -0.122. The van der Waals surface area contributed by atoms with Gasteiger partial charge in [0.1, 0.15) is 17.1 Å². The Morgan fingerprint density at radius 3 is 2.37 bits per heavy atom.